The molecule has 0 saturated carbocycles. The van der Waals surface area contributed by atoms with E-state index in [-0.39, 0.29) is 27.0 Å². The van der Waals surface area contributed by atoms with Crippen LogP contribution in [0.3, 0.4) is 0 Å². The van der Waals surface area contributed by atoms with E-state index >= 15 is 0 Å². The number of aromatic hydroxyl groups is 1. The molecule has 1 aromatic heterocycles. The monoisotopic (exact) mass is 373 g/mol. The first-order valence-electron chi connectivity index (χ1n) is 7.10. The number of rotatable bonds is 4. The minimum absolute atomic E-state index is 0.0276. The molecule has 0 spiro atoms. The zero-order valence-corrected chi connectivity index (χ0v) is 13.8. The van der Waals surface area contributed by atoms with Crippen LogP contribution in [0.15, 0.2) is 63.8 Å². The number of carboxylic acid groups (broad SMARTS) is 1. The number of benzene rings is 2. The van der Waals surface area contributed by atoms with E-state index in [9.17, 15) is 22.9 Å². The Morgan fingerprint density at radius 2 is 1.69 bits per heavy atom. The molecule has 9 nitrogen and oxygen atoms in total. The smallest absolute Gasteiger partial charge is 0.335 e. The fourth-order valence-corrected chi connectivity index (χ4v) is 2.93. The molecule has 3 rings (SSSR count). The van der Waals surface area contributed by atoms with E-state index in [0.29, 0.717) is 5.69 Å². The fourth-order valence-electron chi connectivity index (χ4n) is 2.26. The summed E-state index contributed by atoms with van der Waals surface area (Å²) >= 11 is 0. The van der Waals surface area contributed by atoms with Gasteiger partial charge in [-0.2, -0.15) is 13.5 Å². The van der Waals surface area contributed by atoms with Gasteiger partial charge in [-0.3, -0.25) is 9.54 Å². The molecule has 0 aliphatic carbocycles. The highest BCUT2D eigenvalue weighted by atomic mass is 32.2. The molecule has 0 aliphatic rings. The molecule has 2 aromatic carbocycles. The first kappa shape index (κ1) is 17.5. The van der Waals surface area contributed by atoms with Crippen molar-refractivity contribution in [1.82, 2.24) is 4.98 Å². The second-order valence-corrected chi connectivity index (χ2v) is 6.56. The first-order chi connectivity index (χ1) is 12.3. The van der Waals surface area contributed by atoms with Gasteiger partial charge in [-0.15, -0.1) is 5.11 Å². The summed E-state index contributed by atoms with van der Waals surface area (Å²) in [5.41, 5.74) is 0.422. The van der Waals surface area contributed by atoms with Gasteiger partial charge in [0, 0.05) is 11.6 Å². The number of carbonyl (C=O) groups is 1. The van der Waals surface area contributed by atoms with Crippen LogP contribution in [-0.4, -0.2) is 34.1 Å². The van der Waals surface area contributed by atoms with Gasteiger partial charge >= 0.3 is 5.97 Å². The van der Waals surface area contributed by atoms with Crippen molar-refractivity contribution in [3.05, 3.63) is 54.2 Å². The number of hydrogen-bond donors (Lipinski definition) is 3. The van der Waals surface area contributed by atoms with E-state index in [1.807, 2.05) is 0 Å². The van der Waals surface area contributed by atoms with Crippen LogP contribution in [-0.2, 0) is 10.1 Å². The maximum atomic E-state index is 11.4. The van der Waals surface area contributed by atoms with E-state index in [1.54, 1.807) is 0 Å². The van der Waals surface area contributed by atoms with Crippen LogP contribution in [0.1, 0.15) is 10.4 Å². The molecule has 0 aliphatic heterocycles. The Kier molecular flexibility index (Phi) is 4.36. The number of carboxylic acids is 1. The summed E-state index contributed by atoms with van der Waals surface area (Å²) in [6.45, 7) is 0. The molecule has 0 fully saturated rings. The lowest BCUT2D eigenvalue weighted by molar-refractivity contribution is 0.0697. The molecule has 0 radical (unpaired) electrons. The quantitative estimate of drug-likeness (QED) is 0.469. The SMILES string of the molecule is O=C(O)c1ccc(N=Nc2ccc3c(S(=O)(=O)O)ccnc3c2O)cc1. The minimum Gasteiger partial charge on any atom is -0.504 e. The van der Waals surface area contributed by atoms with E-state index in [1.165, 1.54) is 36.4 Å². The number of phenolic OH excluding ortho intramolecular Hbond substituents is 1. The van der Waals surface area contributed by atoms with Crippen LogP contribution in [0.5, 0.6) is 5.75 Å². The molecular formula is C16H11N3O6S. The number of nitrogens with zero attached hydrogens (tertiary/aromatic N) is 3. The van der Waals surface area contributed by atoms with Crippen molar-refractivity contribution in [2.75, 3.05) is 0 Å². The van der Waals surface area contributed by atoms with Crippen molar-refractivity contribution >= 4 is 38.4 Å². The van der Waals surface area contributed by atoms with Crippen LogP contribution >= 0.6 is 0 Å². The Morgan fingerprint density at radius 3 is 2.31 bits per heavy atom. The number of azo groups is 1. The zero-order chi connectivity index (χ0) is 18.9. The largest absolute Gasteiger partial charge is 0.504 e. The van der Waals surface area contributed by atoms with Crippen molar-refractivity contribution in [3.63, 3.8) is 0 Å². The standard InChI is InChI=1S/C16H11N3O6S/c20-15-12(19-18-10-3-1-9(2-4-10)16(21)22)6-5-11-13(26(23,24)25)7-8-17-14(11)15/h1-8,20H,(H,21,22)(H,23,24,25). The van der Waals surface area contributed by atoms with Gasteiger partial charge in [0.05, 0.1) is 11.3 Å². The van der Waals surface area contributed by atoms with Gasteiger partial charge in [-0.05, 0) is 42.5 Å². The van der Waals surface area contributed by atoms with Crippen LogP contribution in [0.4, 0.5) is 11.4 Å². The number of aromatic nitrogens is 1. The summed E-state index contributed by atoms with van der Waals surface area (Å²) in [5.74, 6) is -1.47. The third-order valence-corrected chi connectivity index (χ3v) is 4.40. The number of aromatic carboxylic acids is 1. The lowest BCUT2D eigenvalue weighted by Crippen LogP contribution is -1.99. The molecule has 132 valence electrons. The highest BCUT2D eigenvalue weighted by Crippen LogP contribution is 2.36. The summed E-state index contributed by atoms with van der Waals surface area (Å²) in [6, 6.07) is 9.38. The summed E-state index contributed by atoms with van der Waals surface area (Å²) < 4.78 is 32.0. The van der Waals surface area contributed by atoms with Gasteiger partial charge < -0.3 is 10.2 Å². The number of pyridine rings is 1. The van der Waals surface area contributed by atoms with E-state index in [4.69, 9.17) is 5.11 Å². The molecule has 1 heterocycles. The Hall–Kier alpha value is -3.37. The second kappa shape index (κ2) is 6.50. The zero-order valence-electron chi connectivity index (χ0n) is 12.9. The van der Waals surface area contributed by atoms with Gasteiger partial charge in [0.2, 0.25) is 0 Å². The summed E-state index contributed by atoms with van der Waals surface area (Å²) in [4.78, 5) is 14.3. The van der Waals surface area contributed by atoms with E-state index < -0.39 is 21.8 Å². The van der Waals surface area contributed by atoms with Crippen LogP contribution in [0.2, 0.25) is 0 Å². The predicted molar refractivity (Wildman–Crippen MR) is 90.8 cm³/mol. The average molecular weight is 373 g/mol. The molecule has 26 heavy (non-hydrogen) atoms. The van der Waals surface area contributed by atoms with Crippen LogP contribution in [0.25, 0.3) is 10.9 Å². The van der Waals surface area contributed by atoms with Gasteiger partial charge in [-0.25, -0.2) is 4.79 Å². The highest BCUT2D eigenvalue weighted by molar-refractivity contribution is 7.86. The van der Waals surface area contributed by atoms with Gasteiger partial charge in [-0.1, -0.05) is 0 Å². The minimum atomic E-state index is -4.48. The van der Waals surface area contributed by atoms with Gasteiger partial charge in [0.25, 0.3) is 10.1 Å². The highest BCUT2D eigenvalue weighted by Gasteiger charge is 2.17. The molecule has 0 atom stereocenters. The molecule has 0 bridgehead atoms. The Morgan fingerprint density at radius 1 is 1.00 bits per heavy atom. The average Bonchev–Trinajstić information content (AvgIpc) is 2.60. The second-order valence-electron chi connectivity index (χ2n) is 5.17. The molecule has 10 heteroatoms. The first-order valence-corrected chi connectivity index (χ1v) is 8.54. The topological polar surface area (TPSA) is 150 Å². The predicted octanol–water partition coefficient (Wildman–Crippen LogP) is 3.30. The van der Waals surface area contributed by atoms with Gasteiger partial charge in [0.15, 0.2) is 5.75 Å². The number of hydrogen-bond acceptors (Lipinski definition) is 7. The molecule has 0 saturated heterocycles. The normalized spacial score (nSPS) is 11.9. The van der Waals surface area contributed by atoms with Crippen molar-refractivity contribution in [1.29, 1.82) is 0 Å². The molecule has 0 amide bonds. The lowest BCUT2D eigenvalue weighted by Gasteiger charge is -2.06. The summed E-state index contributed by atoms with van der Waals surface area (Å²) in [6.07, 6.45) is 1.14. The van der Waals surface area contributed by atoms with E-state index in [0.717, 1.165) is 12.3 Å². The van der Waals surface area contributed by atoms with Crippen LogP contribution in [0, 0.1) is 0 Å². The maximum Gasteiger partial charge on any atom is 0.335 e. The van der Waals surface area contributed by atoms with Gasteiger partial charge in [0.1, 0.15) is 16.1 Å². The summed E-state index contributed by atoms with van der Waals surface area (Å²) in [7, 11) is -4.48. The number of fused-ring (bicyclic) bond motifs is 1. The third-order valence-electron chi connectivity index (χ3n) is 3.49. The number of phenols is 1. The molecule has 0 unspecified atom stereocenters. The van der Waals surface area contributed by atoms with Crippen molar-refractivity contribution in [2.45, 2.75) is 4.90 Å². The Balaban J connectivity index is 2.01. The fraction of sp³-hybridized carbons (Fsp3) is 0. The van der Waals surface area contributed by atoms with Crippen LogP contribution < -0.4 is 0 Å². The van der Waals surface area contributed by atoms with Crippen molar-refractivity contribution in [2.24, 2.45) is 10.2 Å². The molecule has 3 N–H and O–H groups in total. The molecule has 3 aromatic rings. The molecular weight excluding hydrogens is 362 g/mol. The Labute approximate surface area is 147 Å². The Bertz CT molecular complexity index is 1140. The lowest BCUT2D eigenvalue weighted by atomic mass is 10.2. The van der Waals surface area contributed by atoms with Crippen molar-refractivity contribution < 1.29 is 28.0 Å². The van der Waals surface area contributed by atoms with Crippen molar-refractivity contribution in [3.8, 4) is 5.75 Å². The van der Waals surface area contributed by atoms with E-state index in [2.05, 4.69) is 15.2 Å². The maximum absolute atomic E-state index is 11.4. The third kappa shape index (κ3) is 3.36. The summed E-state index contributed by atoms with van der Waals surface area (Å²) in [5, 5.41) is 26.9.